The SMILES string of the molecule is O[C@@H]1CCN(CCn2cccn2)C1. The molecule has 0 radical (unpaired) electrons. The second kappa shape index (κ2) is 3.89. The highest BCUT2D eigenvalue weighted by Gasteiger charge is 2.19. The summed E-state index contributed by atoms with van der Waals surface area (Å²) >= 11 is 0. The van der Waals surface area contributed by atoms with Crippen LogP contribution in [0.15, 0.2) is 18.5 Å². The molecule has 0 aliphatic carbocycles. The zero-order valence-corrected chi connectivity index (χ0v) is 7.63. The number of nitrogens with zero attached hydrogens (tertiary/aromatic N) is 3. The maximum atomic E-state index is 9.29. The second-order valence-electron chi connectivity index (χ2n) is 3.51. The van der Waals surface area contributed by atoms with E-state index in [9.17, 15) is 5.11 Å². The first-order valence-corrected chi connectivity index (χ1v) is 4.72. The molecule has 2 heterocycles. The van der Waals surface area contributed by atoms with Gasteiger partial charge in [-0.3, -0.25) is 9.58 Å². The van der Waals surface area contributed by atoms with Gasteiger partial charge in [-0.2, -0.15) is 5.10 Å². The predicted molar refractivity (Wildman–Crippen MR) is 49.3 cm³/mol. The first-order chi connectivity index (χ1) is 6.34. The molecule has 1 aliphatic heterocycles. The Balaban J connectivity index is 1.74. The van der Waals surface area contributed by atoms with Crippen LogP contribution < -0.4 is 0 Å². The summed E-state index contributed by atoms with van der Waals surface area (Å²) in [6, 6.07) is 1.93. The van der Waals surface area contributed by atoms with Crippen molar-refractivity contribution in [2.24, 2.45) is 0 Å². The molecule has 13 heavy (non-hydrogen) atoms. The van der Waals surface area contributed by atoms with E-state index < -0.39 is 0 Å². The number of aliphatic hydroxyl groups is 1. The predicted octanol–water partition coefficient (Wildman–Crippen LogP) is -0.0503. The average molecular weight is 181 g/mol. The smallest absolute Gasteiger partial charge is 0.0679 e. The van der Waals surface area contributed by atoms with E-state index in [0.717, 1.165) is 32.6 Å². The summed E-state index contributed by atoms with van der Waals surface area (Å²) in [7, 11) is 0. The molecule has 0 unspecified atom stereocenters. The molecule has 1 aromatic heterocycles. The van der Waals surface area contributed by atoms with E-state index in [-0.39, 0.29) is 6.10 Å². The molecular formula is C9H15N3O. The molecule has 1 saturated heterocycles. The Labute approximate surface area is 77.8 Å². The van der Waals surface area contributed by atoms with Crippen molar-refractivity contribution in [1.29, 1.82) is 0 Å². The second-order valence-corrected chi connectivity index (χ2v) is 3.51. The van der Waals surface area contributed by atoms with Crippen LogP contribution >= 0.6 is 0 Å². The van der Waals surface area contributed by atoms with Crippen LogP contribution in [0.1, 0.15) is 6.42 Å². The number of aliphatic hydroxyl groups excluding tert-OH is 1. The summed E-state index contributed by atoms with van der Waals surface area (Å²) in [5.41, 5.74) is 0. The molecule has 1 atom stereocenters. The van der Waals surface area contributed by atoms with Crippen LogP contribution in [0.5, 0.6) is 0 Å². The normalized spacial score (nSPS) is 23.9. The molecule has 2 rings (SSSR count). The van der Waals surface area contributed by atoms with Crippen molar-refractivity contribution in [1.82, 2.24) is 14.7 Å². The van der Waals surface area contributed by atoms with Crippen LogP contribution in [-0.2, 0) is 6.54 Å². The van der Waals surface area contributed by atoms with Gasteiger partial charge in [-0.1, -0.05) is 0 Å². The van der Waals surface area contributed by atoms with Crippen molar-refractivity contribution in [3.8, 4) is 0 Å². The van der Waals surface area contributed by atoms with Crippen LogP contribution in [0.25, 0.3) is 0 Å². The Bertz CT molecular complexity index is 247. The summed E-state index contributed by atoms with van der Waals surface area (Å²) in [6.07, 6.45) is 4.56. The van der Waals surface area contributed by atoms with E-state index in [1.165, 1.54) is 0 Å². The van der Waals surface area contributed by atoms with E-state index in [0.29, 0.717) is 0 Å². The fourth-order valence-electron chi connectivity index (χ4n) is 1.69. The van der Waals surface area contributed by atoms with Crippen molar-refractivity contribution >= 4 is 0 Å². The van der Waals surface area contributed by atoms with E-state index in [1.54, 1.807) is 6.20 Å². The fraction of sp³-hybridized carbons (Fsp3) is 0.667. The third-order valence-electron chi connectivity index (χ3n) is 2.45. The number of likely N-dealkylation sites (tertiary alicyclic amines) is 1. The Morgan fingerprint density at radius 1 is 1.46 bits per heavy atom. The van der Waals surface area contributed by atoms with Gasteiger partial charge in [-0.05, 0) is 12.5 Å². The number of rotatable bonds is 3. The Hall–Kier alpha value is -0.870. The number of aromatic nitrogens is 2. The van der Waals surface area contributed by atoms with Gasteiger partial charge in [0.2, 0.25) is 0 Å². The summed E-state index contributed by atoms with van der Waals surface area (Å²) < 4.78 is 1.92. The van der Waals surface area contributed by atoms with Gasteiger partial charge >= 0.3 is 0 Å². The molecule has 1 fully saturated rings. The molecule has 1 aliphatic rings. The van der Waals surface area contributed by atoms with E-state index >= 15 is 0 Å². The lowest BCUT2D eigenvalue weighted by atomic mass is 10.3. The maximum Gasteiger partial charge on any atom is 0.0679 e. The lowest BCUT2D eigenvalue weighted by Gasteiger charge is -2.14. The van der Waals surface area contributed by atoms with Crippen molar-refractivity contribution in [2.45, 2.75) is 19.1 Å². The molecule has 0 spiro atoms. The van der Waals surface area contributed by atoms with Crippen LogP contribution in [0.4, 0.5) is 0 Å². The minimum absolute atomic E-state index is 0.113. The summed E-state index contributed by atoms with van der Waals surface area (Å²) in [5.74, 6) is 0. The summed E-state index contributed by atoms with van der Waals surface area (Å²) in [6.45, 7) is 3.74. The Morgan fingerprint density at radius 3 is 3.00 bits per heavy atom. The van der Waals surface area contributed by atoms with E-state index in [4.69, 9.17) is 0 Å². The Kier molecular flexibility index (Phi) is 2.61. The third kappa shape index (κ3) is 2.29. The number of β-amino-alcohol motifs (C(OH)–C–C–N with tert-alkyl or cyclic N) is 1. The lowest BCUT2D eigenvalue weighted by molar-refractivity contribution is 0.174. The van der Waals surface area contributed by atoms with Crippen molar-refractivity contribution in [3.05, 3.63) is 18.5 Å². The monoisotopic (exact) mass is 181 g/mol. The molecular weight excluding hydrogens is 166 g/mol. The zero-order chi connectivity index (χ0) is 9.10. The zero-order valence-electron chi connectivity index (χ0n) is 7.63. The first kappa shape index (κ1) is 8.72. The fourth-order valence-corrected chi connectivity index (χ4v) is 1.69. The van der Waals surface area contributed by atoms with Gasteiger partial charge < -0.3 is 5.11 Å². The summed E-state index contributed by atoms with van der Waals surface area (Å²) in [4.78, 5) is 2.27. The van der Waals surface area contributed by atoms with Crippen molar-refractivity contribution in [2.75, 3.05) is 19.6 Å². The van der Waals surface area contributed by atoms with Crippen molar-refractivity contribution < 1.29 is 5.11 Å². The molecule has 1 N–H and O–H groups in total. The van der Waals surface area contributed by atoms with Crippen LogP contribution in [-0.4, -0.2) is 45.5 Å². The molecule has 0 bridgehead atoms. The lowest BCUT2D eigenvalue weighted by Crippen LogP contribution is -2.26. The van der Waals surface area contributed by atoms with Gasteiger partial charge in [0.25, 0.3) is 0 Å². The van der Waals surface area contributed by atoms with Gasteiger partial charge in [0, 0.05) is 32.0 Å². The standard InChI is InChI=1S/C9H15N3O/c13-9-2-5-11(8-9)6-7-12-4-1-3-10-12/h1,3-4,9,13H,2,5-8H2/t9-/m1/s1. The number of hydrogen-bond acceptors (Lipinski definition) is 3. The van der Waals surface area contributed by atoms with Crippen LogP contribution in [0, 0.1) is 0 Å². The van der Waals surface area contributed by atoms with Gasteiger partial charge in [0.15, 0.2) is 0 Å². The highest BCUT2D eigenvalue weighted by molar-refractivity contribution is 4.79. The van der Waals surface area contributed by atoms with Gasteiger partial charge in [0.05, 0.1) is 12.6 Å². The van der Waals surface area contributed by atoms with E-state index in [1.807, 2.05) is 16.9 Å². The molecule has 4 heteroatoms. The van der Waals surface area contributed by atoms with Gasteiger partial charge in [-0.25, -0.2) is 0 Å². The number of hydrogen-bond donors (Lipinski definition) is 1. The maximum absolute atomic E-state index is 9.29. The van der Waals surface area contributed by atoms with Crippen LogP contribution in [0.3, 0.4) is 0 Å². The molecule has 0 aromatic carbocycles. The minimum atomic E-state index is -0.113. The first-order valence-electron chi connectivity index (χ1n) is 4.72. The van der Waals surface area contributed by atoms with Gasteiger partial charge in [0.1, 0.15) is 0 Å². The highest BCUT2D eigenvalue weighted by atomic mass is 16.3. The van der Waals surface area contributed by atoms with Gasteiger partial charge in [-0.15, -0.1) is 0 Å². The minimum Gasteiger partial charge on any atom is -0.392 e. The molecule has 1 aromatic rings. The average Bonchev–Trinajstić information content (AvgIpc) is 2.71. The van der Waals surface area contributed by atoms with Crippen molar-refractivity contribution in [3.63, 3.8) is 0 Å². The highest BCUT2D eigenvalue weighted by Crippen LogP contribution is 2.07. The van der Waals surface area contributed by atoms with Crippen LogP contribution in [0.2, 0.25) is 0 Å². The largest absolute Gasteiger partial charge is 0.392 e. The molecule has 72 valence electrons. The molecule has 0 saturated carbocycles. The molecule has 4 nitrogen and oxygen atoms in total. The molecule has 0 amide bonds. The Morgan fingerprint density at radius 2 is 2.38 bits per heavy atom. The summed E-state index contributed by atoms with van der Waals surface area (Å²) in [5, 5.41) is 13.4. The third-order valence-corrected chi connectivity index (χ3v) is 2.45. The quantitative estimate of drug-likeness (QED) is 0.711. The van der Waals surface area contributed by atoms with E-state index in [2.05, 4.69) is 10.00 Å². The topological polar surface area (TPSA) is 41.3 Å².